The summed E-state index contributed by atoms with van der Waals surface area (Å²) < 4.78 is 40.8. The number of nitrogens with one attached hydrogen (secondary N) is 1. The van der Waals surface area contributed by atoms with E-state index in [1.807, 2.05) is 10.8 Å². The minimum absolute atomic E-state index is 0.0881. The van der Waals surface area contributed by atoms with E-state index in [2.05, 4.69) is 4.72 Å². The topological polar surface area (TPSA) is 66.4 Å². The minimum atomic E-state index is -3.81. The SMILES string of the molecule is O=S(=O)(Cc1ccccc1F)NCC(O)(c1ccsc1)c1cccs1. The lowest BCUT2D eigenvalue weighted by Gasteiger charge is -2.27. The van der Waals surface area contributed by atoms with E-state index in [0.29, 0.717) is 10.4 Å². The van der Waals surface area contributed by atoms with E-state index >= 15 is 0 Å². The van der Waals surface area contributed by atoms with Crippen LogP contribution in [0.15, 0.2) is 58.6 Å². The molecule has 0 amide bonds. The number of benzene rings is 1. The van der Waals surface area contributed by atoms with Crippen LogP contribution in [0.25, 0.3) is 0 Å². The zero-order valence-corrected chi connectivity index (χ0v) is 15.5. The molecule has 2 aromatic heterocycles. The number of hydrogen-bond acceptors (Lipinski definition) is 5. The Morgan fingerprint density at radius 1 is 1.12 bits per heavy atom. The summed E-state index contributed by atoms with van der Waals surface area (Å²) in [4.78, 5) is 0.638. The molecule has 0 aliphatic carbocycles. The molecule has 0 saturated carbocycles. The molecule has 25 heavy (non-hydrogen) atoms. The van der Waals surface area contributed by atoms with E-state index in [9.17, 15) is 17.9 Å². The Morgan fingerprint density at radius 3 is 2.56 bits per heavy atom. The number of sulfonamides is 1. The highest BCUT2D eigenvalue weighted by molar-refractivity contribution is 7.88. The predicted molar refractivity (Wildman–Crippen MR) is 98.7 cm³/mol. The standard InChI is InChI=1S/C17H16FNO3S3/c18-15-5-2-1-4-13(15)11-25(21,22)19-12-17(20,14-7-9-23-10-14)16-6-3-8-24-16/h1-10,19-20H,11-12H2. The summed E-state index contributed by atoms with van der Waals surface area (Å²) in [6, 6.07) is 11.1. The van der Waals surface area contributed by atoms with Crippen LogP contribution in [-0.2, 0) is 21.4 Å². The van der Waals surface area contributed by atoms with E-state index in [1.54, 1.807) is 29.6 Å². The highest BCUT2D eigenvalue weighted by Gasteiger charge is 2.34. The van der Waals surface area contributed by atoms with Gasteiger partial charge >= 0.3 is 0 Å². The summed E-state index contributed by atoms with van der Waals surface area (Å²) in [6.45, 7) is -0.221. The van der Waals surface area contributed by atoms with Crippen molar-refractivity contribution >= 4 is 32.7 Å². The summed E-state index contributed by atoms with van der Waals surface area (Å²) in [5, 5.41) is 16.6. The Balaban J connectivity index is 1.81. The zero-order valence-electron chi connectivity index (χ0n) is 13.1. The van der Waals surface area contributed by atoms with Gasteiger partial charge in [0, 0.05) is 22.5 Å². The third-order valence-corrected chi connectivity index (χ3v) is 6.76. The fourth-order valence-corrected chi connectivity index (χ4v) is 5.17. The van der Waals surface area contributed by atoms with Gasteiger partial charge in [-0.1, -0.05) is 24.3 Å². The predicted octanol–water partition coefficient (Wildman–Crippen LogP) is 3.30. The van der Waals surface area contributed by atoms with Crippen molar-refractivity contribution in [2.24, 2.45) is 0 Å². The van der Waals surface area contributed by atoms with Gasteiger partial charge in [0.2, 0.25) is 10.0 Å². The van der Waals surface area contributed by atoms with Crippen molar-refractivity contribution in [3.05, 3.63) is 80.4 Å². The second kappa shape index (κ2) is 7.35. The molecule has 0 radical (unpaired) electrons. The molecule has 1 unspecified atom stereocenters. The molecule has 0 aliphatic rings. The first-order valence-corrected chi connectivity index (χ1v) is 10.9. The summed E-state index contributed by atoms with van der Waals surface area (Å²) in [5.41, 5.74) is -0.755. The molecule has 2 heterocycles. The Bertz CT molecular complexity index is 888. The molecule has 0 saturated heterocycles. The number of thiophene rings is 2. The van der Waals surface area contributed by atoms with Gasteiger partial charge in [0.1, 0.15) is 11.4 Å². The summed E-state index contributed by atoms with van der Waals surface area (Å²) in [5.74, 6) is -1.05. The first-order valence-electron chi connectivity index (χ1n) is 7.40. The lowest BCUT2D eigenvalue weighted by Crippen LogP contribution is -2.41. The summed E-state index contributed by atoms with van der Waals surface area (Å²) in [7, 11) is -3.81. The third-order valence-electron chi connectivity index (χ3n) is 3.78. The monoisotopic (exact) mass is 397 g/mol. The maximum atomic E-state index is 13.7. The Labute approximate surface area is 153 Å². The molecular formula is C17H16FNO3S3. The first kappa shape index (κ1) is 18.2. The Morgan fingerprint density at radius 2 is 1.92 bits per heavy atom. The van der Waals surface area contributed by atoms with Crippen molar-refractivity contribution in [2.75, 3.05) is 6.54 Å². The second-order valence-electron chi connectivity index (χ2n) is 5.52. The fourth-order valence-electron chi connectivity index (χ4n) is 2.43. The van der Waals surface area contributed by atoms with Crippen LogP contribution in [0, 0.1) is 5.82 Å². The molecule has 3 rings (SSSR count). The van der Waals surface area contributed by atoms with Crippen LogP contribution < -0.4 is 4.72 Å². The summed E-state index contributed by atoms with van der Waals surface area (Å²) in [6.07, 6.45) is 0. The quantitative estimate of drug-likeness (QED) is 0.643. The first-order chi connectivity index (χ1) is 11.9. The molecule has 0 aliphatic heterocycles. The van der Waals surface area contributed by atoms with E-state index in [0.717, 1.165) is 0 Å². The number of halogens is 1. The van der Waals surface area contributed by atoms with Crippen LogP contribution in [0.5, 0.6) is 0 Å². The third kappa shape index (κ3) is 4.16. The summed E-state index contributed by atoms with van der Waals surface area (Å²) >= 11 is 2.76. The van der Waals surface area contributed by atoms with E-state index < -0.39 is 27.2 Å². The van der Waals surface area contributed by atoms with Gasteiger partial charge in [0.15, 0.2) is 0 Å². The lowest BCUT2D eigenvalue weighted by atomic mass is 9.95. The molecule has 3 aromatic rings. The van der Waals surface area contributed by atoms with Gasteiger partial charge in [-0.3, -0.25) is 0 Å². The molecule has 0 fully saturated rings. The normalized spacial score (nSPS) is 14.3. The van der Waals surface area contributed by atoms with Crippen molar-refractivity contribution in [1.29, 1.82) is 0 Å². The van der Waals surface area contributed by atoms with Gasteiger partial charge in [-0.25, -0.2) is 17.5 Å². The van der Waals surface area contributed by atoms with Gasteiger partial charge in [0.05, 0.1) is 5.75 Å². The molecule has 1 aromatic carbocycles. The van der Waals surface area contributed by atoms with Crippen LogP contribution >= 0.6 is 22.7 Å². The minimum Gasteiger partial charge on any atom is -0.378 e. The molecule has 2 N–H and O–H groups in total. The highest BCUT2D eigenvalue weighted by Crippen LogP contribution is 2.33. The van der Waals surface area contributed by atoms with E-state index in [1.165, 1.54) is 40.9 Å². The lowest BCUT2D eigenvalue weighted by molar-refractivity contribution is 0.0903. The van der Waals surface area contributed by atoms with Gasteiger partial charge < -0.3 is 5.11 Å². The second-order valence-corrected chi connectivity index (χ2v) is 9.06. The number of aliphatic hydroxyl groups is 1. The largest absolute Gasteiger partial charge is 0.378 e. The van der Waals surface area contributed by atoms with Crippen LogP contribution in [0.2, 0.25) is 0 Å². The van der Waals surface area contributed by atoms with Crippen LogP contribution in [-0.4, -0.2) is 20.1 Å². The maximum Gasteiger partial charge on any atom is 0.216 e. The maximum absolute atomic E-state index is 13.7. The molecule has 132 valence electrons. The van der Waals surface area contributed by atoms with Gasteiger partial charge in [-0.15, -0.1) is 11.3 Å². The van der Waals surface area contributed by atoms with Crippen molar-refractivity contribution in [3.63, 3.8) is 0 Å². The molecule has 0 bridgehead atoms. The van der Waals surface area contributed by atoms with Crippen LogP contribution in [0.3, 0.4) is 0 Å². The molecule has 0 spiro atoms. The van der Waals surface area contributed by atoms with Crippen molar-refractivity contribution in [3.8, 4) is 0 Å². The van der Waals surface area contributed by atoms with Crippen molar-refractivity contribution in [1.82, 2.24) is 4.72 Å². The number of hydrogen-bond donors (Lipinski definition) is 2. The van der Waals surface area contributed by atoms with Gasteiger partial charge in [-0.05, 0) is 34.3 Å². The van der Waals surface area contributed by atoms with E-state index in [-0.39, 0.29) is 12.1 Å². The van der Waals surface area contributed by atoms with Crippen molar-refractivity contribution in [2.45, 2.75) is 11.4 Å². The van der Waals surface area contributed by atoms with E-state index in [4.69, 9.17) is 0 Å². The molecule has 4 nitrogen and oxygen atoms in total. The highest BCUT2D eigenvalue weighted by atomic mass is 32.2. The molecular weight excluding hydrogens is 381 g/mol. The Hall–Kier alpha value is -1.58. The Kier molecular flexibility index (Phi) is 5.35. The fraction of sp³-hybridized carbons (Fsp3) is 0.176. The van der Waals surface area contributed by atoms with Gasteiger partial charge in [0.25, 0.3) is 0 Å². The van der Waals surface area contributed by atoms with Crippen LogP contribution in [0.1, 0.15) is 16.0 Å². The number of rotatable bonds is 7. The van der Waals surface area contributed by atoms with Crippen LogP contribution in [0.4, 0.5) is 4.39 Å². The zero-order chi connectivity index (χ0) is 17.9. The molecule has 8 heteroatoms. The smallest absolute Gasteiger partial charge is 0.216 e. The average Bonchev–Trinajstić information content (AvgIpc) is 3.28. The molecule has 1 atom stereocenters. The van der Waals surface area contributed by atoms with Crippen molar-refractivity contribution < 1.29 is 17.9 Å². The van der Waals surface area contributed by atoms with Gasteiger partial charge in [-0.2, -0.15) is 11.3 Å². The average molecular weight is 398 g/mol.